The molecule has 0 bridgehead atoms. The average molecular weight is 246 g/mol. The summed E-state index contributed by atoms with van der Waals surface area (Å²) in [6, 6.07) is 7.42. The van der Waals surface area contributed by atoms with Crippen molar-refractivity contribution >= 4 is 27.9 Å². The number of aromatic nitrogens is 1. The molecule has 0 spiro atoms. The maximum atomic E-state index is 11.1. The van der Waals surface area contributed by atoms with Crippen LogP contribution in [0.5, 0.6) is 0 Å². The van der Waals surface area contributed by atoms with E-state index in [2.05, 4.69) is 17.2 Å². The number of hydrogen-bond acceptors (Lipinski definition) is 4. The second-order valence-corrected chi connectivity index (χ2v) is 5.12. The topological polar surface area (TPSA) is 42.0 Å². The minimum Gasteiger partial charge on any atom is -0.332 e. The number of Topliss-reactive ketones (excluding diaryl/α,β-unsaturated/α-hetero) is 1. The fourth-order valence-corrected chi connectivity index (χ4v) is 2.27. The molecule has 1 aromatic heterocycles. The Morgan fingerprint density at radius 1 is 1.24 bits per heavy atom. The van der Waals surface area contributed by atoms with Gasteiger partial charge < -0.3 is 5.32 Å². The quantitative estimate of drug-likeness (QED) is 0.839. The summed E-state index contributed by atoms with van der Waals surface area (Å²) in [5.74, 6) is 0.0810. The summed E-state index contributed by atoms with van der Waals surface area (Å²) in [4.78, 5) is 16.8. The number of nitrogens with one attached hydrogen (secondary N) is 1. The fourth-order valence-electron chi connectivity index (χ4n) is 1.44. The maximum Gasteiger partial charge on any atom is 0.187 e. The van der Waals surface area contributed by atoms with Crippen LogP contribution in [-0.2, 0) is 0 Å². The first-order chi connectivity index (χ1) is 8.06. The van der Waals surface area contributed by atoms with Gasteiger partial charge in [0.25, 0.3) is 0 Å². The third-order valence-corrected chi connectivity index (χ3v) is 3.56. The van der Waals surface area contributed by atoms with Gasteiger partial charge in [0.2, 0.25) is 0 Å². The van der Waals surface area contributed by atoms with Crippen LogP contribution in [0.3, 0.4) is 0 Å². The number of aryl methyl sites for hydroxylation is 2. The van der Waals surface area contributed by atoms with Crippen LogP contribution < -0.4 is 5.32 Å². The largest absolute Gasteiger partial charge is 0.332 e. The summed E-state index contributed by atoms with van der Waals surface area (Å²) in [6.07, 6.45) is 0. The SMILES string of the molecule is CC(=O)c1ccc(Nc2nc(C)c(C)s2)cc1. The van der Waals surface area contributed by atoms with Crippen LogP contribution in [0.25, 0.3) is 0 Å². The van der Waals surface area contributed by atoms with Gasteiger partial charge in [-0.1, -0.05) is 0 Å². The van der Waals surface area contributed by atoms with Crippen molar-refractivity contribution < 1.29 is 4.79 Å². The highest BCUT2D eigenvalue weighted by molar-refractivity contribution is 7.15. The second kappa shape index (κ2) is 4.67. The van der Waals surface area contributed by atoms with E-state index in [4.69, 9.17) is 0 Å². The predicted octanol–water partition coefficient (Wildman–Crippen LogP) is 3.71. The van der Waals surface area contributed by atoms with E-state index in [1.165, 1.54) is 4.88 Å². The highest BCUT2D eigenvalue weighted by atomic mass is 32.1. The molecular weight excluding hydrogens is 232 g/mol. The van der Waals surface area contributed by atoms with Gasteiger partial charge in [-0.2, -0.15) is 0 Å². The van der Waals surface area contributed by atoms with Crippen molar-refractivity contribution in [3.05, 3.63) is 40.4 Å². The molecule has 0 saturated carbocycles. The molecule has 0 radical (unpaired) electrons. The van der Waals surface area contributed by atoms with Crippen molar-refractivity contribution in [2.45, 2.75) is 20.8 Å². The Balaban J connectivity index is 2.16. The first kappa shape index (κ1) is 11.8. The zero-order chi connectivity index (χ0) is 12.4. The molecule has 3 nitrogen and oxygen atoms in total. The van der Waals surface area contributed by atoms with E-state index < -0.39 is 0 Å². The van der Waals surface area contributed by atoms with Crippen molar-refractivity contribution in [3.8, 4) is 0 Å². The van der Waals surface area contributed by atoms with E-state index in [1.54, 1.807) is 18.3 Å². The zero-order valence-electron chi connectivity index (χ0n) is 10.1. The van der Waals surface area contributed by atoms with Crippen LogP contribution in [0.1, 0.15) is 27.9 Å². The first-order valence-corrected chi connectivity index (χ1v) is 6.20. The molecule has 2 aromatic rings. The minimum absolute atomic E-state index is 0.0810. The van der Waals surface area contributed by atoms with Gasteiger partial charge in [-0.3, -0.25) is 4.79 Å². The molecule has 1 aromatic carbocycles. The lowest BCUT2D eigenvalue weighted by Gasteiger charge is -2.02. The van der Waals surface area contributed by atoms with E-state index in [-0.39, 0.29) is 5.78 Å². The van der Waals surface area contributed by atoms with Gasteiger partial charge in [-0.15, -0.1) is 11.3 Å². The van der Waals surface area contributed by atoms with E-state index in [9.17, 15) is 4.79 Å². The molecule has 0 aliphatic heterocycles. The Labute approximate surface area is 105 Å². The van der Waals surface area contributed by atoms with Crippen LogP contribution in [0.2, 0.25) is 0 Å². The molecule has 0 aliphatic rings. The van der Waals surface area contributed by atoms with Crippen LogP contribution in [-0.4, -0.2) is 10.8 Å². The zero-order valence-corrected chi connectivity index (χ0v) is 10.9. The number of nitrogens with zero attached hydrogens (tertiary/aromatic N) is 1. The normalized spacial score (nSPS) is 10.3. The highest BCUT2D eigenvalue weighted by Crippen LogP contribution is 2.24. The Morgan fingerprint density at radius 2 is 1.88 bits per heavy atom. The lowest BCUT2D eigenvalue weighted by Crippen LogP contribution is -1.93. The summed E-state index contributed by atoms with van der Waals surface area (Å²) >= 11 is 1.63. The Hall–Kier alpha value is -1.68. The molecule has 1 N–H and O–H groups in total. The molecule has 0 saturated heterocycles. The summed E-state index contributed by atoms with van der Waals surface area (Å²) in [7, 11) is 0. The van der Waals surface area contributed by atoms with Gasteiger partial charge in [0.05, 0.1) is 5.69 Å². The molecule has 1 heterocycles. The monoisotopic (exact) mass is 246 g/mol. The standard InChI is InChI=1S/C13H14N2OS/c1-8-10(3)17-13(14-8)15-12-6-4-11(5-7-12)9(2)16/h4-7H,1-3H3,(H,14,15). The minimum atomic E-state index is 0.0810. The number of anilines is 2. The number of ketones is 1. The van der Waals surface area contributed by atoms with E-state index in [0.717, 1.165) is 22.1 Å². The van der Waals surface area contributed by atoms with Gasteiger partial charge in [0.1, 0.15) is 0 Å². The lowest BCUT2D eigenvalue weighted by molar-refractivity contribution is 0.101. The van der Waals surface area contributed by atoms with Crippen molar-refractivity contribution in [3.63, 3.8) is 0 Å². The molecular formula is C13H14N2OS. The van der Waals surface area contributed by atoms with Crippen LogP contribution in [0, 0.1) is 13.8 Å². The number of benzene rings is 1. The van der Waals surface area contributed by atoms with E-state index in [0.29, 0.717) is 0 Å². The smallest absolute Gasteiger partial charge is 0.187 e. The Bertz CT molecular complexity index is 524. The molecule has 0 unspecified atom stereocenters. The number of carbonyl (C=O) groups is 1. The third-order valence-electron chi connectivity index (χ3n) is 2.57. The first-order valence-electron chi connectivity index (χ1n) is 5.38. The maximum absolute atomic E-state index is 11.1. The van der Waals surface area contributed by atoms with Gasteiger partial charge >= 0.3 is 0 Å². The van der Waals surface area contributed by atoms with Gasteiger partial charge in [0, 0.05) is 16.1 Å². The number of hydrogen-bond donors (Lipinski definition) is 1. The van der Waals surface area contributed by atoms with Gasteiger partial charge in [-0.05, 0) is 45.0 Å². The fraction of sp³-hybridized carbons (Fsp3) is 0.231. The summed E-state index contributed by atoms with van der Waals surface area (Å²) in [5, 5.41) is 4.11. The lowest BCUT2D eigenvalue weighted by atomic mass is 10.1. The van der Waals surface area contributed by atoms with Gasteiger partial charge in [0.15, 0.2) is 10.9 Å². The summed E-state index contributed by atoms with van der Waals surface area (Å²) in [5.41, 5.74) is 2.73. The molecule has 17 heavy (non-hydrogen) atoms. The van der Waals surface area contributed by atoms with Crippen molar-refractivity contribution in [2.24, 2.45) is 0 Å². The Morgan fingerprint density at radius 3 is 2.35 bits per heavy atom. The molecule has 4 heteroatoms. The summed E-state index contributed by atoms with van der Waals surface area (Å²) < 4.78 is 0. The molecule has 88 valence electrons. The molecule has 0 amide bonds. The van der Waals surface area contributed by atoms with E-state index >= 15 is 0 Å². The van der Waals surface area contributed by atoms with E-state index in [1.807, 2.05) is 31.2 Å². The highest BCUT2D eigenvalue weighted by Gasteiger charge is 2.04. The third kappa shape index (κ3) is 2.71. The average Bonchev–Trinajstić information content (AvgIpc) is 2.58. The number of thiazole rings is 1. The van der Waals surface area contributed by atoms with Crippen molar-refractivity contribution in [1.29, 1.82) is 0 Å². The number of rotatable bonds is 3. The number of carbonyl (C=O) groups excluding carboxylic acids is 1. The van der Waals surface area contributed by atoms with Crippen molar-refractivity contribution in [2.75, 3.05) is 5.32 Å². The molecule has 0 atom stereocenters. The summed E-state index contributed by atoms with van der Waals surface area (Å²) in [6.45, 7) is 5.61. The molecule has 0 fully saturated rings. The molecule has 0 aliphatic carbocycles. The van der Waals surface area contributed by atoms with Gasteiger partial charge in [-0.25, -0.2) is 4.98 Å². The second-order valence-electron chi connectivity index (χ2n) is 3.92. The van der Waals surface area contributed by atoms with Crippen LogP contribution in [0.4, 0.5) is 10.8 Å². The van der Waals surface area contributed by atoms with Crippen molar-refractivity contribution in [1.82, 2.24) is 4.98 Å². The Kier molecular flexibility index (Phi) is 3.24. The predicted molar refractivity (Wildman–Crippen MR) is 71.3 cm³/mol. The molecule has 2 rings (SSSR count). The van der Waals surface area contributed by atoms with Crippen LogP contribution in [0.15, 0.2) is 24.3 Å². The van der Waals surface area contributed by atoms with Crippen LogP contribution >= 0.6 is 11.3 Å².